The van der Waals surface area contributed by atoms with E-state index in [0.717, 1.165) is 22.3 Å². The Morgan fingerprint density at radius 2 is 1.57 bits per heavy atom. The molecule has 30 heavy (non-hydrogen) atoms. The molecular formula is C24H21NO5. The second-order valence-corrected chi connectivity index (χ2v) is 7.08. The SMILES string of the molecule is COC(=O)c1ccc(NC(=O)OCC2c3ccccc3-c3ccccc32)c(O)c1C. The van der Waals surface area contributed by atoms with E-state index in [1.165, 1.54) is 19.2 Å². The molecule has 0 heterocycles. The Morgan fingerprint density at radius 1 is 0.967 bits per heavy atom. The zero-order chi connectivity index (χ0) is 21.3. The number of carbonyl (C=O) groups excluding carboxylic acids is 2. The van der Waals surface area contributed by atoms with E-state index in [1.807, 2.05) is 36.4 Å². The van der Waals surface area contributed by atoms with Crippen molar-refractivity contribution in [1.29, 1.82) is 0 Å². The Balaban J connectivity index is 1.49. The molecule has 0 fully saturated rings. The first-order valence-electron chi connectivity index (χ1n) is 9.54. The summed E-state index contributed by atoms with van der Waals surface area (Å²) in [6.07, 6.45) is -0.683. The van der Waals surface area contributed by atoms with Crippen LogP contribution in [0, 0.1) is 6.92 Å². The molecule has 1 aliphatic rings. The zero-order valence-electron chi connectivity index (χ0n) is 16.6. The van der Waals surface area contributed by atoms with Crippen molar-refractivity contribution in [3.05, 3.63) is 82.9 Å². The summed E-state index contributed by atoms with van der Waals surface area (Å²) in [7, 11) is 1.27. The maximum Gasteiger partial charge on any atom is 0.411 e. The van der Waals surface area contributed by atoms with Crippen LogP contribution >= 0.6 is 0 Å². The third kappa shape index (κ3) is 3.37. The smallest absolute Gasteiger partial charge is 0.411 e. The molecule has 0 aliphatic heterocycles. The van der Waals surface area contributed by atoms with Gasteiger partial charge in [0.05, 0.1) is 18.4 Å². The minimum absolute atomic E-state index is 0.0554. The van der Waals surface area contributed by atoms with E-state index in [-0.39, 0.29) is 29.5 Å². The third-order valence-corrected chi connectivity index (χ3v) is 5.42. The number of hydrogen-bond acceptors (Lipinski definition) is 5. The summed E-state index contributed by atoms with van der Waals surface area (Å²) in [6, 6.07) is 19.1. The van der Waals surface area contributed by atoms with Gasteiger partial charge in [0.1, 0.15) is 12.4 Å². The number of phenols is 1. The molecule has 0 spiro atoms. The maximum absolute atomic E-state index is 12.4. The van der Waals surface area contributed by atoms with Crippen LogP contribution in [0.3, 0.4) is 0 Å². The van der Waals surface area contributed by atoms with Crippen LogP contribution in [0.1, 0.15) is 33.0 Å². The van der Waals surface area contributed by atoms with Crippen molar-refractivity contribution in [3.8, 4) is 16.9 Å². The van der Waals surface area contributed by atoms with Crippen LogP contribution in [0.15, 0.2) is 60.7 Å². The number of anilines is 1. The van der Waals surface area contributed by atoms with E-state index in [0.29, 0.717) is 5.56 Å². The lowest BCUT2D eigenvalue weighted by Crippen LogP contribution is -2.18. The first kappa shape index (κ1) is 19.5. The van der Waals surface area contributed by atoms with Gasteiger partial charge in [-0.3, -0.25) is 5.32 Å². The molecule has 0 atom stereocenters. The van der Waals surface area contributed by atoms with Crippen LogP contribution in [0.5, 0.6) is 5.75 Å². The van der Waals surface area contributed by atoms with Gasteiger partial charge in [0, 0.05) is 11.5 Å². The summed E-state index contributed by atoms with van der Waals surface area (Å²) in [6.45, 7) is 1.74. The van der Waals surface area contributed by atoms with E-state index in [4.69, 9.17) is 4.74 Å². The molecule has 6 heteroatoms. The number of nitrogens with one attached hydrogen (secondary N) is 1. The monoisotopic (exact) mass is 403 g/mol. The highest BCUT2D eigenvalue weighted by Crippen LogP contribution is 2.44. The van der Waals surface area contributed by atoms with Crippen molar-refractivity contribution >= 4 is 17.7 Å². The van der Waals surface area contributed by atoms with Gasteiger partial charge in [-0.05, 0) is 41.3 Å². The summed E-state index contributed by atoms with van der Waals surface area (Å²) < 4.78 is 10.2. The van der Waals surface area contributed by atoms with Crippen LogP contribution in [-0.4, -0.2) is 30.9 Å². The van der Waals surface area contributed by atoms with E-state index < -0.39 is 12.1 Å². The fraction of sp³-hybridized carbons (Fsp3) is 0.167. The van der Waals surface area contributed by atoms with Gasteiger partial charge < -0.3 is 14.6 Å². The summed E-state index contributed by atoms with van der Waals surface area (Å²) in [4.78, 5) is 24.1. The fourth-order valence-corrected chi connectivity index (χ4v) is 3.88. The van der Waals surface area contributed by atoms with E-state index in [2.05, 4.69) is 22.2 Å². The summed E-state index contributed by atoms with van der Waals surface area (Å²) in [5.74, 6) is -0.818. The lowest BCUT2D eigenvalue weighted by molar-refractivity contribution is 0.0599. The Morgan fingerprint density at radius 3 is 2.17 bits per heavy atom. The van der Waals surface area contributed by atoms with Crippen molar-refractivity contribution in [2.45, 2.75) is 12.8 Å². The lowest BCUT2D eigenvalue weighted by Gasteiger charge is -2.15. The molecule has 0 bridgehead atoms. The highest BCUT2D eigenvalue weighted by molar-refractivity contribution is 5.94. The van der Waals surface area contributed by atoms with Crippen molar-refractivity contribution in [2.24, 2.45) is 0 Å². The van der Waals surface area contributed by atoms with Crippen LogP contribution in [0.4, 0.5) is 10.5 Å². The van der Waals surface area contributed by atoms with Gasteiger partial charge in [-0.15, -0.1) is 0 Å². The van der Waals surface area contributed by atoms with E-state index >= 15 is 0 Å². The first-order valence-corrected chi connectivity index (χ1v) is 9.54. The molecule has 3 aromatic carbocycles. The molecule has 0 unspecified atom stereocenters. The number of hydrogen-bond donors (Lipinski definition) is 2. The van der Waals surface area contributed by atoms with Gasteiger partial charge in [0.15, 0.2) is 0 Å². The summed E-state index contributed by atoms with van der Waals surface area (Å²) in [5, 5.41) is 12.9. The Labute approximate surface area is 174 Å². The molecule has 1 aliphatic carbocycles. The molecule has 0 radical (unpaired) electrons. The second kappa shape index (κ2) is 7.91. The fourth-order valence-electron chi connectivity index (χ4n) is 3.88. The predicted octanol–water partition coefficient (Wildman–Crippen LogP) is 4.85. The molecule has 2 N–H and O–H groups in total. The van der Waals surface area contributed by atoms with E-state index in [9.17, 15) is 14.7 Å². The average Bonchev–Trinajstić information content (AvgIpc) is 3.09. The quantitative estimate of drug-likeness (QED) is 0.481. The number of aromatic hydroxyl groups is 1. The van der Waals surface area contributed by atoms with Gasteiger partial charge in [0.25, 0.3) is 0 Å². The predicted molar refractivity (Wildman–Crippen MR) is 113 cm³/mol. The number of ether oxygens (including phenoxy) is 2. The van der Waals surface area contributed by atoms with Crippen LogP contribution in [0.25, 0.3) is 11.1 Å². The van der Waals surface area contributed by atoms with E-state index in [1.54, 1.807) is 6.92 Å². The Bertz CT molecular complexity index is 1090. The number of amides is 1. The minimum Gasteiger partial charge on any atom is -0.505 e. The third-order valence-electron chi connectivity index (χ3n) is 5.42. The molecule has 1 amide bonds. The molecule has 3 aromatic rings. The molecule has 6 nitrogen and oxygen atoms in total. The summed E-state index contributed by atoms with van der Waals surface area (Å²) >= 11 is 0. The molecule has 0 saturated heterocycles. The lowest BCUT2D eigenvalue weighted by atomic mass is 9.98. The van der Waals surface area contributed by atoms with Crippen molar-refractivity contribution < 1.29 is 24.2 Å². The largest absolute Gasteiger partial charge is 0.505 e. The first-order chi connectivity index (χ1) is 14.5. The molecule has 152 valence electrons. The highest BCUT2D eigenvalue weighted by Gasteiger charge is 2.29. The minimum atomic E-state index is -0.683. The topological polar surface area (TPSA) is 84.9 Å². The summed E-state index contributed by atoms with van der Waals surface area (Å²) in [5.41, 5.74) is 5.24. The molecule has 4 rings (SSSR count). The van der Waals surface area contributed by atoms with Crippen LogP contribution in [-0.2, 0) is 9.47 Å². The standard InChI is InChI=1S/C24H21NO5/c1-14-15(23(27)29-2)11-12-21(22(14)26)25-24(28)30-13-20-18-9-5-3-7-16(18)17-8-4-6-10-19(17)20/h3-12,20,26H,13H2,1-2H3,(H,25,28). The Hall–Kier alpha value is -3.80. The van der Waals surface area contributed by atoms with Crippen LogP contribution < -0.4 is 5.32 Å². The number of phenolic OH excluding ortho intramolecular Hbond substituents is 1. The van der Waals surface area contributed by atoms with Crippen molar-refractivity contribution in [3.63, 3.8) is 0 Å². The second-order valence-electron chi connectivity index (χ2n) is 7.08. The number of fused-ring (bicyclic) bond motifs is 3. The van der Waals surface area contributed by atoms with Crippen molar-refractivity contribution in [1.82, 2.24) is 0 Å². The number of methoxy groups -OCH3 is 1. The molecule has 0 aromatic heterocycles. The van der Waals surface area contributed by atoms with Gasteiger partial charge >= 0.3 is 12.1 Å². The highest BCUT2D eigenvalue weighted by atomic mass is 16.5. The maximum atomic E-state index is 12.4. The van der Waals surface area contributed by atoms with Gasteiger partial charge in [-0.2, -0.15) is 0 Å². The average molecular weight is 403 g/mol. The van der Waals surface area contributed by atoms with Gasteiger partial charge in [0.2, 0.25) is 0 Å². The number of rotatable bonds is 4. The zero-order valence-corrected chi connectivity index (χ0v) is 16.6. The Kier molecular flexibility index (Phi) is 5.14. The van der Waals surface area contributed by atoms with Gasteiger partial charge in [-0.25, -0.2) is 9.59 Å². The van der Waals surface area contributed by atoms with Gasteiger partial charge in [-0.1, -0.05) is 48.5 Å². The van der Waals surface area contributed by atoms with Crippen molar-refractivity contribution in [2.75, 3.05) is 19.0 Å². The molecule has 0 saturated carbocycles. The number of esters is 1. The normalized spacial score (nSPS) is 12.1. The number of carbonyl (C=O) groups is 2. The van der Waals surface area contributed by atoms with Crippen LogP contribution in [0.2, 0.25) is 0 Å². The molecular weight excluding hydrogens is 382 g/mol. The number of benzene rings is 3.